The minimum absolute atomic E-state index is 0.146. The third-order valence-electron chi connectivity index (χ3n) is 5.80. The lowest BCUT2D eigenvalue weighted by Gasteiger charge is -2.33. The zero-order chi connectivity index (χ0) is 20.0. The van der Waals surface area contributed by atoms with Crippen molar-refractivity contribution >= 4 is 5.91 Å². The average molecular weight is 395 g/mol. The Morgan fingerprint density at radius 3 is 2.90 bits per heavy atom. The molecular formula is C20H21N5O4. The van der Waals surface area contributed by atoms with Crippen LogP contribution < -0.4 is 5.69 Å². The van der Waals surface area contributed by atoms with Crippen LogP contribution in [0.4, 0.5) is 0 Å². The summed E-state index contributed by atoms with van der Waals surface area (Å²) in [6.07, 6.45) is 2.04. The molecule has 150 valence electrons. The number of aromatic nitrogens is 4. The van der Waals surface area contributed by atoms with E-state index in [2.05, 4.69) is 10.3 Å². The highest BCUT2D eigenvalue weighted by atomic mass is 16.5. The van der Waals surface area contributed by atoms with Crippen molar-refractivity contribution in [1.82, 2.24) is 24.4 Å². The molecule has 0 saturated carbocycles. The number of carbonyl (C=O) groups excluding carboxylic acids is 1. The summed E-state index contributed by atoms with van der Waals surface area (Å²) >= 11 is 0. The summed E-state index contributed by atoms with van der Waals surface area (Å²) in [5.41, 5.74) is 1.74. The van der Waals surface area contributed by atoms with Crippen molar-refractivity contribution in [2.24, 2.45) is 0 Å². The van der Waals surface area contributed by atoms with Gasteiger partial charge in [0.25, 0.3) is 5.91 Å². The first-order chi connectivity index (χ1) is 14.0. The number of fused-ring (bicyclic) bond motifs is 1. The number of nitrogens with zero attached hydrogens (tertiary/aromatic N) is 5. The predicted octanol–water partition coefficient (Wildman–Crippen LogP) is 1.20. The van der Waals surface area contributed by atoms with Gasteiger partial charge >= 0.3 is 5.69 Å². The molecule has 1 spiro atoms. The van der Waals surface area contributed by atoms with Crippen LogP contribution in [0.15, 0.2) is 45.9 Å². The Kier molecular flexibility index (Phi) is 4.13. The highest BCUT2D eigenvalue weighted by Crippen LogP contribution is 2.32. The second-order valence-electron chi connectivity index (χ2n) is 7.70. The Morgan fingerprint density at radius 2 is 2.10 bits per heavy atom. The second kappa shape index (κ2) is 6.70. The molecule has 0 N–H and O–H groups in total. The van der Waals surface area contributed by atoms with E-state index in [0.29, 0.717) is 38.4 Å². The maximum Gasteiger partial charge on any atom is 0.346 e. The van der Waals surface area contributed by atoms with Crippen LogP contribution >= 0.6 is 0 Å². The molecule has 2 aromatic heterocycles. The Hall–Kier alpha value is -3.20. The van der Waals surface area contributed by atoms with E-state index >= 15 is 0 Å². The van der Waals surface area contributed by atoms with Gasteiger partial charge in [0.15, 0.2) is 11.5 Å². The van der Waals surface area contributed by atoms with Crippen molar-refractivity contribution in [2.45, 2.75) is 38.6 Å². The summed E-state index contributed by atoms with van der Waals surface area (Å²) in [5.74, 6) is 0.433. The lowest BCUT2D eigenvalue weighted by Crippen LogP contribution is -2.47. The molecule has 1 atom stereocenters. The molecule has 1 amide bonds. The van der Waals surface area contributed by atoms with Crippen LogP contribution in [0, 0.1) is 6.92 Å². The highest BCUT2D eigenvalue weighted by Gasteiger charge is 2.45. The quantitative estimate of drug-likeness (QED) is 0.661. The van der Waals surface area contributed by atoms with Gasteiger partial charge in [-0.2, -0.15) is 5.10 Å². The standard InChI is InChI=1S/C20H21N5O4/c1-14-4-2-3-5-15(14)10-25-19(27)24-13-20(28-11-17(24)21-25)7-8-23(12-20)18(26)16-6-9-29-22-16/h2-6,9H,7-8,10-13H2,1H3. The molecule has 29 heavy (non-hydrogen) atoms. The number of benzene rings is 1. The molecule has 2 aliphatic heterocycles. The van der Waals surface area contributed by atoms with Crippen LogP contribution in [-0.2, 0) is 24.4 Å². The summed E-state index contributed by atoms with van der Waals surface area (Å²) in [6, 6.07) is 9.51. The summed E-state index contributed by atoms with van der Waals surface area (Å²) in [6.45, 7) is 4.04. The van der Waals surface area contributed by atoms with E-state index in [1.807, 2.05) is 31.2 Å². The zero-order valence-electron chi connectivity index (χ0n) is 16.1. The number of hydrogen-bond donors (Lipinski definition) is 0. The molecular weight excluding hydrogens is 374 g/mol. The molecule has 0 aliphatic carbocycles. The molecule has 0 bridgehead atoms. The van der Waals surface area contributed by atoms with Gasteiger partial charge in [0.05, 0.1) is 19.6 Å². The van der Waals surface area contributed by atoms with Crippen molar-refractivity contribution in [3.8, 4) is 0 Å². The summed E-state index contributed by atoms with van der Waals surface area (Å²) in [7, 11) is 0. The molecule has 3 aromatic rings. The summed E-state index contributed by atoms with van der Waals surface area (Å²) < 4.78 is 14.1. The van der Waals surface area contributed by atoms with Crippen LogP contribution in [0.1, 0.15) is 33.9 Å². The minimum Gasteiger partial charge on any atom is -0.364 e. The molecule has 1 saturated heterocycles. The van der Waals surface area contributed by atoms with Gasteiger partial charge < -0.3 is 14.2 Å². The van der Waals surface area contributed by atoms with E-state index in [-0.39, 0.29) is 23.9 Å². The SMILES string of the molecule is Cc1ccccc1Cn1nc2n(c1=O)CC1(CCN(C(=O)c3ccon3)C1)OC2. The first kappa shape index (κ1) is 17.9. The summed E-state index contributed by atoms with van der Waals surface area (Å²) in [4.78, 5) is 27.2. The molecule has 1 fully saturated rings. The first-order valence-electron chi connectivity index (χ1n) is 9.59. The van der Waals surface area contributed by atoms with Crippen molar-refractivity contribution in [2.75, 3.05) is 13.1 Å². The zero-order valence-corrected chi connectivity index (χ0v) is 16.1. The third kappa shape index (κ3) is 3.07. The van der Waals surface area contributed by atoms with Gasteiger partial charge in [0.1, 0.15) is 18.5 Å². The predicted molar refractivity (Wildman–Crippen MR) is 101 cm³/mol. The van der Waals surface area contributed by atoms with Gasteiger partial charge in [-0.15, -0.1) is 0 Å². The van der Waals surface area contributed by atoms with Crippen LogP contribution in [0.2, 0.25) is 0 Å². The maximum absolute atomic E-state index is 13.0. The largest absolute Gasteiger partial charge is 0.364 e. The lowest BCUT2D eigenvalue weighted by molar-refractivity contribution is -0.0816. The van der Waals surface area contributed by atoms with Gasteiger partial charge in [-0.25, -0.2) is 9.48 Å². The average Bonchev–Trinajstić information content (AvgIpc) is 3.45. The molecule has 5 rings (SSSR count). The van der Waals surface area contributed by atoms with E-state index in [0.717, 1.165) is 11.1 Å². The number of aryl methyl sites for hydroxylation is 1. The fourth-order valence-electron chi connectivity index (χ4n) is 4.10. The molecule has 1 aromatic carbocycles. The number of rotatable bonds is 3. The van der Waals surface area contributed by atoms with Gasteiger partial charge in [-0.05, 0) is 24.5 Å². The number of ether oxygens (including phenoxy) is 1. The van der Waals surface area contributed by atoms with Crippen LogP contribution in [-0.4, -0.2) is 49.0 Å². The van der Waals surface area contributed by atoms with Crippen molar-refractivity contribution in [1.29, 1.82) is 0 Å². The Balaban J connectivity index is 1.36. The monoisotopic (exact) mass is 395 g/mol. The lowest BCUT2D eigenvalue weighted by atomic mass is 10.0. The minimum atomic E-state index is -0.577. The van der Waals surface area contributed by atoms with Crippen LogP contribution in [0.25, 0.3) is 0 Å². The summed E-state index contributed by atoms with van der Waals surface area (Å²) in [5, 5.41) is 8.19. The number of amides is 1. The molecule has 9 heteroatoms. The van der Waals surface area contributed by atoms with Gasteiger partial charge in [-0.3, -0.25) is 9.36 Å². The van der Waals surface area contributed by atoms with Crippen LogP contribution in [0.5, 0.6) is 0 Å². The molecule has 9 nitrogen and oxygen atoms in total. The van der Waals surface area contributed by atoms with Gasteiger partial charge in [0.2, 0.25) is 0 Å². The van der Waals surface area contributed by atoms with E-state index in [1.54, 1.807) is 15.5 Å². The smallest absolute Gasteiger partial charge is 0.346 e. The van der Waals surface area contributed by atoms with E-state index in [4.69, 9.17) is 9.26 Å². The number of likely N-dealkylation sites (tertiary alicyclic amines) is 1. The topological polar surface area (TPSA) is 95.4 Å². The normalized spacial score (nSPS) is 20.9. The van der Waals surface area contributed by atoms with Crippen molar-refractivity contribution in [3.63, 3.8) is 0 Å². The van der Waals surface area contributed by atoms with E-state index in [1.165, 1.54) is 10.9 Å². The highest BCUT2D eigenvalue weighted by molar-refractivity contribution is 5.92. The van der Waals surface area contributed by atoms with Crippen molar-refractivity contribution < 1.29 is 14.1 Å². The second-order valence-corrected chi connectivity index (χ2v) is 7.70. The fraction of sp³-hybridized carbons (Fsp3) is 0.400. The molecule has 0 radical (unpaired) electrons. The maximum atomic E-state index is 13.0. The Bertz CT molecular complexity index is 1120. The van der Waals surface area contributed by atoms with Crippen LogP contribution in [0.3, 0.4) is 0 Å². The van der Waals surface area contributed by atoms with Gasteiger partial charge in [0, 0.05) is 12.6 Å². The van der Waals surface area contributed by atoms with E-state index in [9.17, 15) is 9.59 Å². The third-order valence-corrected chi connectivity index (χ3v) is 5.80. The first-order valence-corrected chi connectivity index (χ1v) is 9.59. The Labute approximate surface area is 166 Å². The number of hydrogen-bond acceptors (Lipinski definition) is 6. The Morgan fingerprint density at radius 1 is 1.24 bits per heavy atom. The molecule has 1 unspecified atom stereocenters. The van der Waals surface area contributed by atoms with Crippen molar-refractivity contribution in [3.05, 3.63) is 69.7 Å². The molecule has 4 heterocycles. The van der Waals surface area contributed by atoms with E-state index < -0.39 is 5.60 Å². The number of carbonyl (C=O) groups is 1. The fourth-order valence-corrected chi connectivity index (χ4v) is 4.10. The molecule has 2 aliphatic rings. The van der Waals surface area contributed by atoms with Gasteiger partial charge in [-0.1, -0.05) is 29.4 Å².